The van der Waals surface area contributed by atoms with Crippen molar-refractivity contribution in [2.45, 2.75) is 38.0 Å². The molecule has 0 radical (unpaired) electrons. The highest BCUT2D eigenvalue weighted by Gasteiger charge is 2.26. The molecule has 6 heteroatoms. The Morgan fingerprint density at radius 2 is 1.71 bits per heavy atom. The minimum absolute atomic E-state index is 0.0657. The lowest BCUT2D eigenvalue weighted by molar-refractivity contribution is -0.116. The van der Waals surface area contributed by atoms with E-state index in [1.54, 1.807) is 24.6 Å². The quantitative estimate of drug-likeness (QED) is 0.731. The van der Waals surface area contributed by atoms with Gasteiger partial charge in [-0.25, -0.2) is 3.63 Å². The van der Waals surface area contributed by atoms with Crippen molar-refractivity contribution in [2.24, 2.45) is 0 Å². The molecule has 4 nitrogen and oxygen atoms in total. The molecule has 0 saturated carbocycles. The van der Waals surface area contributed by atoms with Crippen LogP contribution in [-0.4, -0.2) is 32.5 Å². The van der Waals surface area contributed by atoms with Crippen LogP contribution in [0.25, 0.3) is 0 Å². The molecule has 0 bridgehead atoms. The topological polar surface area (TPSA) is 60.4 Å². The van der Waals surface area contributed by atoms with Crippen LogP contribution in [0.2, 0.25) is 0 Å². The largest absolute Gasteiger partial charge is 0.306 e. The lowest BCUT2D eigenvalue weighted by atomic mass is 10.2. The molecule has 0 aromatic heterocycles. The second-order valence-electron chi connectivity index (χ2n) is 5.56. The van der Waals surface area contributed by atoms with Gasteiger partial charge in [0.15, 0.2) is 0 Å². The van der Waals surface area contributed by atoms with E-state index in [2.05, 4.69) is 0 Å². The van der Waals surface area contributed by atoms with E-state index in [4.69, 9.17) is 3.63 Å². The molecule has 120 valence electrons. The Morgan fingerprint density at radius 3 is 2.24 bits per heavy atom. The summed E-state index contributed by atoms with van der Waals surface area (Å²) in [6.45, 7) is 3.91. The fourth-order valence-electron chi connectivity index (χ4n) is 1.84. The minimum Gasteiger partial charge on any atom is -0.299 e. The lowest BCUT2D eigenvalue weighted by Crippen LogP contribution is -2.18. The molecule has 0 atom stereocenters. The standard InChI is InChI=1S/C15H24O4S2/c1-5-6-7-14(16)12-20(3,4)19-21(17,18)15-10-8-13(2)9-11-15/h8-11H,5-7,12H2,1-4H3. The molecule has 21 heavy (non-hydrogen) atoms. The Hall–Kier alpha value is -0.850. The van der Waals surface area contributed by atoms with E-state index in [1.165, 1.54) is 12.1 Å². The molecule has 0 N–H and O–H groups in total. The molecule has 1 rings (SSSR count). The van der Waals surface area contributed by atoms with Crippen molar-refractivity contribution in [2.75, 3.05) is 18.3 Å². The predicted molar refractivity (Wildman–Crippen MR) is 88.3 cm³/mol. The predicted octanol–water partition coefficient (Wildman–Crippen LogP) is 3.44. The normalized spacial score (nSPS) is 13.1. The number of carbonyl (C=O) groups is 1. The van der Waals surface area contributed by atoms with E-state index >= 15 is 0 Å². The van der Waals surface area contributed by atoms with Crippen LogP contribution in [0.4, 0.5) is 0 Å². The smallest absolute Gasteiger partial charge is 0.299 e. The Morgan fingerprint density at radius 1 is 1.14 bits per heavy atom. The van der Waals surface area contributed by atoms with E-state index in [0.29, 0.717) is 6.42 Å². The zero-order valence-corrected chi connectivity index (χ0v) is 14.7. The maximum atomic E-state index is 12.2. The summed E-state index contributed by atoms with van der Waals surface area (Å²) in [7, 11) is -5.78. The second kappa shape index (κ2) is 7.42. The third kappa shape index (κ3) is 6.20. The number of rotatable bonds is 8. The van der Waals surface area contributed by atoms with Crippen molar-refractivity contribution < 1.29 is 16.8 Å². The summed E-state index contributed by atoms with van der Waals surface area (Å²) in [6, 6.07) is 6.51. The fraction of sp³-hybridized carbons (Fsp3) is 0.533. The van der Waals surface area contributed by atoms with Gasteiger partial charge in [-0.1, -0.05) is 31.0 Å². The van der Waals surface area contributed by atoms with Crippen LogP contribution in [0, 0.1) is 6.92 Å². The minimum atomic E-state index is -3.82. The van der Waals surface area contributed by atoms with E-state index in [-0.39, 0.29) is 16.4 Å². The van der Waals surface area contributed by atoms with Crippen molar-refractivity contribution in [3.05, 3.63) is 29.8 Å². The van der Waals surface area contributed by atoms with Gasteiger partial charge in [0, 0.05) is 6.42 Å². The molecular weight excluding hydrogens is 308 g/mol. The lowest BCUT2D eigenvalue weighted by Gasteiger charge is -2.29. The van der Waals surface area contributed by atoms with Gasteiger partial charge in [0.1, 0.15) is 5.78 Å². The van der Waals surface area contributed by atoms with Gasteiger partial charge >= 0.3 is 10.1 Å². The van der Waals surface area contributed by atoms with Crippen molar-refractivity contribution in [1.29, 1.82) is 0 Å². The van der Waals surface area contributed by atoms with Gasteiger partial charge in [-0.15, -0.1) is 10.3 Å². The maximum absolute atomic E-state index is 12.2. The highest BCUT2D eigenvalue weighted by atomic mass is 32.3. The van der Waals surface area contributed by atoms with Crippen molar-refractivity contribution in [3.63, 3.8) is 0 Å². The molecule has 0 aliphatic rings. The number of carbonyl (C=O) groups excluding carboxylic acids is 1. The zero-order chi connectivity index (χ0) is 16.1. The van der Waals surface area contributed by atoms with E-state index in [1.807, 2.05) is 13.8 Å². The Balaban J connectivity index is 2.77. The average Bonchev–Trinajstić information content (AvgIpc) is 2.34. The summed E-state index contributed by atoms with van der Waals surface area (Å²) >= 11 is 0. The van der Waals surface area contributed by atoms with Crippen LogP contribution < -0.4 is 0 Å². The number of hydrogen-bond donors (Lipinski definition) is 0. The average molecular weight is 332 g/mol. The van der Waals surface area contributed by atoms with Crippen LogP contribution in [-0.2, 0) is 18.5 Å². The summed E-state index contributed by atoms with van der Waals surface area (Å²) in [5.41, 5.74) is 0.982. The molecule has 0 amide bonds. The number of hydrogen-bond acceptors (Lipinski definition) is 4. The van der Waals surface area contributed by atoms with Gasteiger partial charge in [0.2, 0.25) is 0 Å². The van der Waals surface area contributed by atoms with Gasteiger partial charge in [0.05, 0.1) is 10.6 Å². The van der Waals surface area contributed by atoms with Gasteiger partial charge < -0.3 is 0 Å². The molecular formula is C15H24O4S2. The van der Waals surface area contributed by atoms with Gasteiger partial charge in [-0.05, 0) is 38.0 Å². The molecule has 0 spiro atoms. The van der Waals surface area contributed by atoms with Crippen LogP contribution in [0.1, 0.15) is 31.7 Å². The molecule has 1 aromatic carbocycles. The highest BCUT2D eigenvalue weighted by molar-refractivity contribution is 8.32. The van der Waals surface area contributed by atoms with Crippen LogP contribution in [0.15, 0.2) is 29.2 Å². The molecule has 1 aromatic rings. The van der Waals surface area contributed by atoms with Gasteiger partial charge in [-0.2, -0.15) is 8.42 Å². The van der Waals surface area contributed by atoms with E-state index in [9.17, 15) is 13.2 Å². The molecule has 0 unspecified atom stereocenters. The summed E-state index contributed by atoms with van der Waals surface area (Å²) in [6.07, 6.45) is 5.69. The van der Waals surface area contributed by atoms with Crippen LogP contribution in [0.3, 0.4) is 0 Å². The number of unbranched alkanes of at least 4 members (excludes halogenated alkanes) is 1. The van der Waals surface area contributed by atoms with Gasteiger partial charge in [0.25, 0.3) is 0 Å². The summed E-state index contributed by atoms with van der Waals surface area (Å²) < 4.78 is 29.8. The SMILES string of the molecule is CCCCC(=O)CS(C)(C)OS(=O)(=O)c1ccc(C)cc1. The first-order valence-corrected chi connectivity index (χ1v) is 10.9. The molecule has 0 fully saturated rings. The fourth-order valence-corrected chi connectivity index (χ4v) is 5.68. The third-order valence-corrected chi connectivity index (χ3v) is 6.96. The van der Waals surface area contributed by atoms with E-state index < -0.39 is 20.4 Å². The van der Waals surface area contributed by atoms with E-state index in [0.717, 1.165) is 18.4 Å². The summed E-state index contributed by atoms with van der Waals surface area (Å²) in [5, 5.41) is 0. The zero-order valence-electron chi connectivity index (χ0n) is 13.1. The molecule has 0 saturated heterocycles. The van der Waals surface area contributed by atoms with Crippen molar-refractivity contribution in [3.8, 4) is 0 Å². The van der Waals surface area contributed by atoms with Crippen LogP contribution >= 0.6 is 10.3 Å². The molecule has 0 aliphatic heterocycles. The monoisotopic (exact) mass is 332 g/mol. The Kier molecular flexibility index (Phi) is 6.43. The highest BCUT2D eigenvalue weighted by Crippen LogP contribution is 2.44. The Bertz CT molecular complexity index is 574. The first-order valence-electron chi connectivity index (χ1n) is 6.92. The van der Waals surface area contributed by atoms with Crippen LogP contribution in [0.5, 0.6) is 0 Å². The summed E-state index contributed by atoms with van der Waals surface area (Å²) in [5.74, 6) is 0.244. The number of Topliss-reactive ketones (excluding diaryl/α,β-unsaturated/α-hetero) is 1. The summed E-state index contributed by atoms with van der Waals surface area (Å²) in [4.78, 5) is 12.0. The molecule has 0 heterocycles. The maximum Gasteiger partial charge on any atom is 0.306 e. The first-order chi connectivity index (χ1) is 9.66. The number of ketones is 1. The second-order valence-corrected chi connectivity index (χ2v) is 10.6. The number of benzene rings is 1. The molecule has 0 aliphatic carbocycles. The third-order valence-electron chi connectivity index (χ3n) is 2.90. The van der Waals surface area contributed by atoms with Crippen molar-refractivity contribution >= 4 is 26.2 Å². The number of aryl methyl sites for hydroxylation is 1. The first kappa shape index (κ1) is 18.2. The van der Waals surface area contributed by atoms with Crippen molar-refractivity contribution in [1.82, 2.24) is 0 Å². The Labute approximate surface area is 129 Å². The van der Waals surface area contributed by atoms with Gasteiger partial charge in [-0.3, -0.25) is 4.79 Å².